The van der Waals surface area contributed by atoms with E-state index >= 15 is 0 Å². The van der Waals surface area contributed by atoms with Crippen molar-refractivity contribution in [1.82, 2.24) is 5.06 Å². The highest BCUT2D eigenvalue weighted by Crippen LogP contribution is 1.99. The van der Waals surface area contributed by atoms with Gasteiger partial charge in [0.1, 0.15) is 6.61 Å². The molecule has 5 heteroatoms. The van der Waals surface area contributed by atoms with Crippen LogP contribution < -0.4 is 5.90 Å². The maximum absolute atomic E-state index is 10.3. The molecule has 0 aromatic carbocycles. The summed E-state index contributed by atoms with van der Waals surface area (Å²) < 4.78 is 4.44. The number of nitrogens with two attached hydrogens (primary N) is 1. The van der Waals surface area contributed by atoms with E-state index in [1.807, 2.05) is 0 Å². The minimum absolute atomic E-state index is 0.357. The fourth-order valence-corrected chi connectivity index (χ4v) is 0.475. The average molecular weight is 118 g/mol. The van der Waals surface area contributed by atoms with Crippen LogP contribution in [0.5, 0.6) is 0 Å². The van der Waals surface area contributed by atoms with E-state index in [9.17, 15) is 4.79 Å². The van der Waals surface area contributed by atoms with Crippen LogP contribution in [-0.4, -0.2) is 24.3 Å². The Balaban J connectivity index is 2.42. The Morgan fingerprint density at radius 1 is 1.88 bits per heavy atom. The number of ether oxygens (including phenoxy) is 1. The predicted octanol–water partition coefficient (Wildman–Crippen LogP) is -0.756. The van der Waals surface area contributed by atoms with Crippen LogP contribution in [0.15, 0.2) is 0 Å². The van der Waals surface area contributed by atoms with Gasteiger partial charge in [-0.1, -0.05) is 0 Å². The van der Waals surface area contributed by atoms with Gasteiger partial charge in [0.15, 0.2) is 0 Å². The van der Waals surface area contributed by atoms with Crippen molar-refractivity contribution in [1.29, 1.82) is 0 Å². The molecule has 0 spiro atoms. The Morgan fingerprint density at radius 3 is 2.88 bits per heavy atom. The number of carbonyl (C=O) groups is 1. The van der Waals surface area contributed by atoms with Gasteiger partial charge in [-0.15, -0.1) is 0 Å². The highest BCUT2D eigenvalue weighted by atomic mass is 16.8. The first-order valence-corrected chi connectivity index (χ1v) is 2.16. The van der Waals surface area contributed by atoms with E-state index in [4.69, 9.17) is 0 Å². The largest absolute Gasteiger partial charge is 0.446 e. The zero-order valence-corrected chi connectivity index (χ0v) is 4.16. The first-order valence-electron chi connectivity index (χ1n) is 2.16. The second kappa shape index (κ2) is 1.97. The number of cyclic esters (lactones) is 1. The number of hydrogen-bond acceptors (Lipinski definition) is 4. The molecule has 0 atom stereocenters. The summed E-state index contributed by atoms with van der Waals surface area (Å²) in [6.07, 6.45) is -0.521. The zero-order chi connectivity index (χ0) is 5.98. The van der Waals surface area contributed by atoms with Gasteiger partial charge < -0.3 is 4.74 Å². The van der Waals surface area contributed by atoms with Crippen molar-refractivity contribution >= 4 is 6.09 Å². The molecule has 0 aromatic rings. The summed E-state index contributed by atoms with van der Waals surface area (Å²) in [5.74, 6) is 4.65. The summed E-state index contributed by atoms with van der Waals surface area (Å²) in [5, 5.41) is 0.944. The molecule has 1 fully saturated rings. The Morgan fingerprint density at radius 2 is 2.62 bits per heavy atom. The first-order chi connectivity index (χ1) is 3.84. The van der Waals surface area contributed by atoms with Gasteiger partial charge in [0.05, 0.1) is 6.54 Å². The van der Waals surface area contributed by atoms with E-state index < -0.39 is 6.09 Å². The molecule has 1 heterocycles. The minimum atomic E-state index is -0.521. The zero-order valence-electron chi connectivity index (χ0n) is 4.16. The second-order valence-corrected chi connectivity index (χ2v) is 1.32. The van der Waals surface area contributed by atoms with Crippen LogP contribution in [0.2, 0.25) is 0 Å². The second-order valence-electron chi connectivity index (χ2n) is 1.32. The molecule has 1 aliphatic rings. The van der Waals surface area contributed by atoms with E-state index in [1.54, 1.807) is 0 Å². The number of hydrogen-bond donors (Lipinski definition) is 1. The van der Waals surface area contributed by atoms with E-state index in [0.717, 1.165) is 5.06 Å². The van der Waals surface area contributed by atoms with Crippen molar-refractivity contribution in [2.75, 3.05) is 13.2 Å². The third kappa shape index (κ3) is 0.728. The number of amides is 1. The highest BCUT2D eigenvalue weighted by Gasteiger charge is 2.21. The lowest BCUT2D eigenvalue weighted by Crippen LogP contribution is -2.27. The Labute approximate surface area is 45.9 Å². The predicted molar refractivity (Wildman–Crippen MR) is 23.3 cm³/mol. The lowest BCUT2D eigenvalue weighted by molar-refractivity contribution is -0.111. The molecular weight excluding hydrogens is 112 g/mol. The molecular formula is C3H6N2O3. The smallest absolute Gasteiger partial charge is 0.435 e. The summed E-state index contributed by atoms with van der Waals surface area (Å²) in [7, 11) is 0. The first kappa shape index (κ1) is 5.33. The number of nitrogens with zero attached hydrogens (tertiary/aromatic N) is 1. The molecule has 0 saturated carbocycles. The molecule has 1 rings (SSSR count). The molecule has 2 N–H and O–H groups in total. The Hall–Kier alpha value is -0.810. The lowest BCUT2D eigenvalue weighted by atomic mass is 10.7. The highest BCUT2D eigenvalue weighted by molar-refractivity contribution is 5.67. The van der Waals surface area contributed by atoms with Crippen LogP contribution in [0.3, 0.4) is 0 Å². The molecule has 0 bridgehead atoms. The molecule has 5 nitrogen and oxygen atoms in total. The van der Waals surface area contributed by atoms with Gasteiger partial charge in [0.25, 0.3) is 0 Å². The molecule has 1 aliphatic heterocycles. The van der Waals surface area contributed by atoms with Crippen molar-refractivity contribution in [2.45, 2.75) is 0 Å². The summed E-state index contributed by atoms with van der Waals surface area (Å²) >= 11 is 0. The van der Waals surface area contributed by atoms with Gasteiger partial charge >= 0.3 is 6.09 Å². The molecule has 0 radical (unpaired) electrons. The molecule has 1 saturated heterocycles. The summed E-state index contributed by atoms with van der Waals surface area (Å²) in [6, 6.07) is 0. The Bertz CT molecular complexity index is 105. The molecule has 46 valence electrons. The van der Waals surface area contributed by atoms with Crippen LogP contribution in [-0.2, 0) is 9.68 Å². The molecule has 1 amide bonds. The van der Waals surface area contributed by atoms with Crippen LogP contribution in [0.1, 0.15) is 0 Å². The summed E-state index contributed by atoms with van der Waals surface area (Å²) in [5.41, 5.74) is 0. The SMILES string of the molecule is NON1CCOC1=O. The normalized spacial score (nSPS) is 19.1. The monoisotopic (exact) mass is 118 g/mol. The molecule has 0 aromatic heterocycles. The topological polar surface area (TPSA) is 64.8 Å². The van der Waals surface area contributed by atoms with Gasteiger partial charge in [-0.05, 0) is 0 Å². The van der Waals surface area contributed by atoms with E-state index in [2.05, 4.69) is 15.6 Å². The maximum atomic E-state index is 10.3. The summed E-state index contributed by atoms with van der Waals surface area (Å²) in [4.78, 5) is 14.4. The molecule has 8 heavy (non-hydrogen) atoms. The quantitative estimate of drug-likeness (QED) is 0.460. The minimum Gasteiger partial charge on any atom is -0.446 e. The van der Waals surface area contributed by atoms with Crippen molar-refractivity contribution in [2.24, 2.45) is 5.90 Å². The number of hydroxylamine groups is 2. The van der Waals surface area contributed by atoms with Gasteiger partial charge in [-0.25, -0.2) is 4.79 Å². The van der Waals surface area contributed by atoms with Crippen molar-refractivity contribution in [3.8, 4) is 0 Å². The van der Waals surface area contributed by atoms with Crippen LogP contribution in [0.25, 0.3) is 0 Å². The van der Waals surface area contributed by atoms with Crippen LogP contribution >= 0.6 is 0 Å². The van der Waals surface area contributed by atoms with Crippen LogP contribution in [0, 0.1) is 0 Å². The lowest BCUT2D eigenvalue weighted by Gasteiger charge is -2.04. The van der Waals surface area contributed by atoms with Crippen molar-refractivity contribution in [3.63, 3.8) is 0 Å². The fraction of sp³-hybridized carbons (Fsp3) is 0.667. The number of carbonyl (C=O) groups excluding carboxylic acids is 1. The van der Waals surface area contributed by atoms with Gasteiger partial charge in [0.2, 0.25) is 0 Å². The third-order valence-electron chi connectivity index (χ3n) is 0.851. The van der Waals surface area contributed by atoms with E-state index in [0.29, 0.717) is 13.2 Å². The van der Waals surface area contributed by atoms with Crippen LogP contribution in [0.4, 0.5) is 4.79 Å². The van der Waals surface area contributed by atoms with E-state index in [-0.39, 0.29) is 0 Å². The third-order valence-corrected chi connectivity index (χ3v) is 0.851. The fourth-order valence-electron chi connectivity index (χ4n) is 0.475. The molecule has 0 unspecified atom stereocenters. The van der Waals surface area contributed by atoms with Gasteiger partial charge in [0, 0.05) is 0 Å². The number of rotatable bonds is 1. The van der Waals surface area contributed by atoms with Crippen molar-refractivity contribution in [3.05, 3.63) is 0 Å². The van der Waals surface area contributed by atoms with Gasteiger partial charge in [-0.3, -0.25) is 0 Å². The van der Waals surface area contributed by atoms with E-state index in [1.165, 1.54) is 0 Å². The summed E-state index contributed by atoms with van der Waals surface area (Å²) in [6.45, 7) is 0.769. The maximum Gasteiger partial charge on any atom is 0.435 e. The van der Waals surface area contributed by atoms with Crippen molar-refractivity contribution < 1.29 is 14.5 Å². The average Bonchev–Trinajstić information content (AvgIpc) is 2.14. The Kier molecular flexibility index (Phi) is 1.32. The standard InChI is InChI=1S/C3H6N2O3/c4-8-5-1-2-7-3(5)6/h1-2,4H2. The molecule has 0 aliphatic carbocycles. The van der Waals surface area contributed by atoms with Gasteiger partial charge in [-0.2, -0.15) is 15.9 Å².